The van der Waals surface area contributed by atoms with E-state index in [4.69, 9.17) is 5.14 Å². The first kappa shape index (κ1) is 18.4. The van der Waals surface area contributed by atoms with Gasteiger partial charge in [0.05, 0.1) is 10.9 Å². The van der Waals surface area contributed by atoms with Crippen molar-refractivity contribution < 1.29 is 18.0 Å². The highest BCUT2D eigenvalue weighted by Gasteiger charge is 2.37. The molecule has 1 aliphatic rings. The summed E-state index contributed by atoms with van der Waals surface area (Å²) >= 11 is 0. The smallest absolute Gasteiger partial charge is 0.253 e. The van der Waals surface area contributed by atoms with E-state index in [-0.39, 0.29) is 28.7 Å². The average molecular weight is 353 g/mol. The van der Waals surface area contributed by atoms with E-state index in [0.717, 1.165) is 0 Å². The molecule has 0 aliphatic carbocycles. The van der Waals surface area contributed by atoms with Gasteiger partial charge in [-0.2, -0.15) is 0 Å². The number of primary sulfonamides is 1. The van der Waals surface area contributed by atoms with Gasteiger partial charge in [0, 0.05) is 31.5 Å². The quantitative estimate of drug-likeness (QED) is 0.824. The maximum absolute atomic E-state index is 12.6. The molecule has 1 aliphatic heterocycles. The van der Waals surface area contributed by atoms with Crippen molar-refractivity contribution in [1.29, 1.82) is 0 Å². The van der Waals surface area contributed by atoms with Crippen LogP contribution in [0.25, 0.3) is 0 Å². The minimum Gasteiger partial charge on any atom is -0.351 e. The SMILES string of the molecule is CC(=O)N[C@H]1CN(C(=O)c2ccc(S(N)(=O)=O)cc2)C[C@@H]1C(C)C. The number of nitrogens with one attached hydrogen (secondary N) is 1. The third-order valence-electron chi connectivity index (χ3n) is 4.33. The molecule has 1 saturated heterocycles. The van der Waals surface area contributed by atoms with E-state index < -0.39 is 10.0 Å². The zero-order chi connectivity index (χ0) is 18.1. The number of carbonyl (C=O) groups is 2. The molecule has 2 atom stereocenters. The number of nitrogens with zero attached hydrogens (tertiary/aromatic N) is 1. The third kappa shape index (κ3) is 4.12. The van der Waals surface area contributed by atoms with E-state index >= 15 is 0 Å². The topological polar surface area (TPSA) is 110 Å². The molecule has 0 aromatic heterocycles. The summed E-state index contributed by atoms with van der Waals surface area (Å²) in [4.78, 5) is 25.7. The molecule has 24 heavy (non-hydrogen) atoms. The van der Waals surface area contributed by atoms with Crippen LogP contribution in [0.1, 0.15) is 31.1 Å². The summed E-state index contributed by atoms with van der Waals surface area (Å²) in [6.45, 7) is 6.59. The molecule has 1 aromatic rings. The highest BCUT2D eigenvalue weighted by molar-refractivity contribution is 7.89. The Balaban J connectivity index is 2.16. The molecule has 1 heterocycles. The van der Waals surface area contributed by atoms with Crippen LogP contribution in [0.4, 0.5) is 0 Å². The van der Waals surface area contributed by atoms with Crippen LogP contribution in [0.15, 0.2) is 29.2 Å². The number of hydrogen-bond donors (Lipinski definition) is 2. The van der Waals surface area contributed by atoms with Crippen molar-refractivity contribution in [3.8, 4) is 0 Å². The van der Waals surface area contributed by atoms with E-state index in [0.29, 0.717) is 24.6 Å². The van der Waals surface area contributed by atoms with Crippen molar-refractivity contribution in [3.05, 3.63) is 29.8 Å². The van der Waals surface area contributed by atoms with Gasteiger partial charge in [-0.05, 0) is 30.2 Å². The minimum atomic E-state index is -3.78. The van der Waals surface area contributed by atoms with Crippen molar-refractivity contribution in [2.75, 3.05) is 13.1 Å². The van der Waals surface area contributed by atoms with Gasteiger partial charge >= 0.3 is 0 Å². The van der Waals surface area contributed by atoms with Crippen molar-refractivity contribution >= 4 is 21.8 Å². The number of likely N-dealkylation sites (tertiary alicyclic amines) is 1. The van der Waals surface area contributed by atoms with E-state index in [1.165, 1.54) is 31.2 Å². The van der Waals surface area contributed by atoms with Crippen molar-refractivity contribution in [2.45, 2.75) is 31.7 Å². The number of benzene rings is 1. The molecule has 2 amide bonds. The average Bonchev–Trinajstić information content (AvgIpc) is 2.89. The van der Waals surface area contributed by atoms with Gasteiger partial charge in [0.25, 0.3) is 5.91 Å². The molecule has 0 spiro atoms. The first-order valence-electron chi connectivity index (χ1n) is 7.79. The van der Waals surface area contributed by atoms with Gasteiger partial charge in [-0.25, -0.2) is 13.6 Å². The van der Waals surface area contributed by atoms with Gasteiger partial charge in [-0.15, -0.1) is 0 Å². The zero-order valence-electron chi connectivity index (χ0n) is 14.0. The van der Waals surface area contributed by atoms with Gasteiger partial charge in [-0.1, -0.05) is 13.8 Å². The fourth-order valence-electron chi connectivity index (χ4n) is 3.05. The van der Waals surface area contributed by atoms with E-state index in [9.17, 15) is 18.0 Å². The van der Waals surface area contributed by atoms with Crippen LogP contribution < -0.4 is 10.5 Å². The Bertz CT molecular complexity index is 728. The highest BCUT2D eigenvalue weighted by Crippen LogP contribution is 2.26. The van der Waals surface area contributed by atoms with Gasteiger partial charge in [0.1, 0.15) is 0 Å². The molecule has 0 saturated carbocycles. The maximum atomic E-state index is 12.6. The van der Waals surface area contributed by atoms with Crippen LogP contribution in [-0.2, 0) is 14.8 Å². The predicted molar refractivity (Wildman–Crippen MR) is 89.7 cm³/mol. The van der Waals surface area contributed by atoms with Crippen LogP contribution in [0.2, 0.25) is 0 Å². The zero-order valence-corrected chi connectivity index (χ0v) is 14.8. The Morgan fingerprint density at radius 2 is 1.79 bits per heavy atom. The molecule has 0 unspecified atom stereocenters. The lowest BCUT2D eigenvalue weighted by Gasteiger charge is -2.21. The van der Waals surface area contributed by atoms with E-state index in [1.54, 1.807) is 4.90 Å². The number of rotatable bonds is 4. The molecule has 2 rings (SSSR count). The number of carbonyl (C=O) groups excluding carboxylic acids is 2. The second-order valence-electron chi connectivity index (χ2n) is 6.49. The number of nitrogens with two attached hydrogens (primary N) is 1. The van der Waals surface area contributed by atoms with Crippen molar-refractivity contribution in [3.63, 3.8) is 0 Å². The summed E-state index contributed by atoms with van der Waals surface area (Å²) in [7, 11) is -3.78. The standard InChI is InChI=1S/C16H23N3O4S/c1-10(2)14-8-19(9-15(14)18-11(3)20)16(21)12-4-6-13(7-5-12)24(17,22)23/h4-7,10,14-15H,8-9H2,1-3H3,(H,18,20)(H2,17,22,23)/t14-,15+/m1/s1. The monoisotopic (exact) mass is 353 g/mol. The lowest BCUT2D eigenvalue weighted by Crippen LogP contribution is -2.41. The summed E-state index contributed by atoms with van der Waals surface area (Å²) in [5.41, 5.74) is 0.397. The van der Waals surface area contributed by atoms with Gasteiger partial charge in [0.2, 0.25) is 15.9 Å². The minimum absolute atomic E-state index is 0.0309. The molecule has 8 heteroatoms. The molecule has 1 aromatic carbocycles. The van der Waals surface area contributed by atoms with Crippen LogP contribution in [0.3, 0.4) is 0 Å². The highest BCUT2D eigenvalue weighted by atomic mass is 32.2. The van der Waals surface area contributed by atoms with Gasteiger partial charge < -0.3 is 10.2 Å². The Morgan fingerprint density at radius 1 is 1.21 bits per heavy atom. The second kappa shape index (κ2) is 6.90. The summed E-state index contributed by atoms with van der Waals surface area (Å²) in [5.74, 6) is 0.206. The molecule has 0 bridgehead atoms. The summed E-state index contributed by atoms with van der Waals surface area (Å²) in [5, 5.41) is 7.97. The van der Waals surface area contributed by atoms with E-state index in [1.807, 2.05) is 0 Å². The second-order valence-corrected chi connectivity index (χ2v) is 8.06. The summed E-state index contributed by atoms with van der Waals surface area (Å²) in [6.07, 6.45) is 0. The lowest BCUT2D eigenvalue weighted by atomic mass is 9.91. The molecule has 3 N–H and O–H groups in total. The fourth-order valence-corrected chi connectivity index (χ4v) is 3.57. The normalized spacial score (nSPS) is 21.1. The first-order valence-corrected chi connectivity index (χ1v) is 9.33. The Kier molecular flexibility index (Phi) is 5.29. The maximum Gasteiger partial charge on any atom is 0.253 e. The largest absolute Gasteiger partial charge is 0.351 e. The number of hydrogen-bond acceptors (Lipinski definition) is 4. The first-order chi connectivity index (χ1) is 11.1. The summed E-state index contributed by atoms with van der Waals surface area (Å²) in [6, 6.07) is 5.49. The van der Waals surface area contributed by atoms with Gasteiger partial charge in [0.15, 0.2) is 0 Å². The summed E-state index contributed by atoms with van der Waals surface area (Å²) < 4.78 is 22.6. The van der Waals surface area contributed by atoms with Crippen molar-refractivity contribution in [2.24, 2.45) is 17.0 Å². The Morgan fingerprint density at radius 3 is 2.25 bits per heavy atom. The third-order valence-corrected chi connectivity index (χ3v) is 5.26. The van der Waals surface area contributed by atoms with Crippen LogP contribution in [0.5, 0.6) is 0 Å². The van der Waals surface area contributed by atoms with Crippen LogP contribution >= 0.6 is 0 Å². The molecular formula is C16H23N3O4S. The van der Waals surface area contributed by atoms with Crippen molar-refractivity contribution in [1.82, 2.24) is 10.2 Å². The van der Waals surface area contributed by atoms with E-state index in [2.05, 4.69) is 19.2 Å². The Hall–Kier alpha value is -1.93. The van der Waals surface area contributed by atoms with Crippen LogP contribution in [0, 0.1) is 11.8 Å². The van der Waals surface area contributed by atoms with Crippen LogP contribution in [-0.4, -0.2) is 44.3 Å². The molecule has 1 fully saturated rings. The molecular weight excluding hydrogens is 330 g/mol. The predicted octanol–water partition coefficient (Wildman–Crippen LogP) is 0.567. The Labute approximate surface area is 142 Å². The lowest BCUT2D eigenvalue weighted by molar-refractivity contribution is -0.119. The molecule has 132 valence electrons. The van der Waals surface area contributed by atoms with Gasteiger partial charge in [-0.3, -0.25) is 9.59 Å². The fraction of sp³-hybridized carbons (Fsp3) is 0.500. The number of amides is 2. The molecule has 0 radical (unpaired) electrons. The molecule has 7 nitrogen and oxygen atoms in total. The number of sulfonamides is 1.